The highest BCUT2D eigenvalue weighted by Gasteiger charge is 1.98. The molecule has 0 aliphatic heterocycles. The van der Waals surface area contributed by atoms with Crippen LogP contribution >= 0.6 is 7.53 Å². The van der Waals surface area contributed by atoms with E-state index in [0.29, 0.717) is 0 Å². The third kappa shape index (κ3) is 1.96. The van der Waals surface area contributed by atoms with E-state index in [4.69, 9.17) is 0 Å². The zero-order valence-electron chi connectivity index (χ0n) is 7.64. The monoisotopic (exact) mass is 187 g/mol. The van der Waals surface area contributed by atoms with Gasteiger partial charge in [-0.05, 0) is 23.3 Å². The Morgan fingerprint density at radius 3 is 1.92 bits per heavy atom. The molecule has 0 nitrogen and oxygen atoms in total. The summed E-state index contributed by atoms with van der Waals surface area (Å²) in [6.07, 6.45) is 0. The van der Waals surface area contributed by atoms with Gasteiger partial charge in [0.2, 0.25) is 0 Å². The zero-order chi connectivity index (χ0) is 9.10. The molecule has 0 spiro atoms. The zero-order valence-corrected chi connectivity index (χ0v) is 8.54. The van der Waals surface area contributed by atoms with Gasteiger partial charge in [-0.2, -0.15) is 0 Å². The Kier molecular flexibility index (Phi) is 2.42. The fraction of sp³-hybridized carbons (Fsp3) is 0.0833. The van der Waals surface area contributed by atoms with Crippen LogP contribution in [0.5, 0.6) is 0 Å². The van der Waals surface area contributed by atoms with E-state index in [1.165, 1.54) is 11.1 Å². The summed E-state index contributed by atoms with van der Waals surface area (Å²) in [7, 11) is 0.00943. The van der Waals surface area contributed by atoms with Gasteiger partial charge >= 0.3 is 0 Å². The highest BCUT2D eigenvalue weighted by atomic mass is 31.1. The second-order valence-electron chi connectivity index (χ2n) is 3.12. The van der Waals surface area contributed by atoms with Crippen molar-refractivity contribution in [1.82, 2.24) is 0 Å². The van der Waals surface area contributed by atoms with Crippen molar-refractivity contribution in [2.45, 2.75) is 0 Å². The largest absolute Gasteiger partial charge is 0.121 e. The van der Waals surface area contributed by atoms with E-state index in [0.717, 1.165) is 0 Å². The van der Waals surface area contributed by atoms with Gasteiger partial charge in [0.15, 0.2) is 0 Å². The number of hydrogen-bond donors (Lipinski definition) is 0. The van der Waals surface area contributed by atoms with E-state index in [-0.39, 0.29) is 7.53 Å². The highest BCUT2D eigenvalue weighted by Crippen LogP contribution is 2.26. The molecule has 0 radical (unpaired) electrons. The first-order chi connectivity index (χ1) is 6.36. The number of aryl methyl sites for hydroxylation is 1. The topological polar surface area (TPSA) is 0 Å². The fourth-order valence-electron chi connectivity index (χ4n) is 1.32. The molecule has 0 atom stereocenters. The number of benzene rings is 1. The molecule has 1 heterocycles. The molecule has 0 saturated carbocycles. The van der Waals surface area contributed by atoms with Crippen LogP contribution in [0.15, 0.2) is 54.1 Å². The van der Waals surface area contributed by atoms with Gasteiger partial charge in [0.1, 0.15) is 25.8 Å². The lowest BCUT2D eigenvalue weighted by molar-refractivity contribution is 1.65. The van der Waals surface area contributed by atoms with Crippen LogP contribution in [-0.4, -0.2) is 0 Å². The highest BCUT2D eigenvalue weighted by molar-refractivity contribution is 7.46. The Balaban J connectivity index is 2.42. The summed E-state index contributed by atoms with van der Waals surface area (Å²) in [6, 6.07) is 14.9. The predicted molar refractivity (Wildman–Crippen MR) is 60.0 cm³/mol. The normalized spacial score (nSPS) is 9.92. The van der Waals surface area contributed by atoms with Crippen molar-refractivity contribution in [3.05, 3.63) is 54.1 Å². The first kappa shape index (κ1) is 8.47. The van der Waals surface area contributed by atoms with Crippen LogP contribution in [0.25, 0.3) is 11.1 Å². The lowest BCUT2D eigenvalue weighted by Gasteiger charge is -1.97. The Morgan fingerprint density at radius 1 is 0.769 bits per heavy atom. The second kappa shape index (κ2) is 3.72. The van der Waals surface area contributed by atoms with E-state index in [1.807, 2.05) is 6.07 Å². The standard InChI is InChI=1S/C12H12P/c1-13-9-7-12(8-10-13)11-5-3-2-4-6-11/h2-10H,1H3/q+1. The Bertz CT molecular complexity index is 376. The summed E-state index contributed by atoms with van der Waals surface area (Å²) in [5.41, 5.74) is 2.62. The first-order valence-corrected chi connectivity index (χ1v) is 6.30. The molecule has 64 valence electrons. The van der Waals surface area contributed by atoms with Gasteiger partial charge in [0, 0.05) is 0 Å². The molecule has 1 aromatic heterocycles. The minimum absolute atomic E-state index is 0.00943. The molecule has 0 aliphatic carbocycles. The van der Waals surface area contributed by atoms with Crippen molar-refractivity contribution in [3.63, 3.8) is 0 Å². The van der Waals surface area contributed by atoms with Crippen molar-refractivity contribution >= 4 is 7.53 Å². The summed E-state index contributed by atoms with van der Waals surface area (Å²) in [6.45, 7) is 2.25. The molecule has 0 aliphatic rings. The third-order valence-electron chi connectivity index (χ3n) is 2.09. The average molecular weight is 187 g/mol. The van der Waals surface area contributed by atoms with Crippen molar-refractivity contribution in [1.29, 1.82) is 0 Å². The molecule has 0 unspecified atom stereocenters. The molecule has 0 N–H and O–H groups in total. The summed E-state index contributed by atoms with van der Waals surface area (Å²) >= 11 is 0. The lowest BCUT2D eigenvalue weighted by Crippen LogP contribution is -1.73. The van der Waals surface area contributed by atoms with Crippen molar-refractivity contribution < 1.29 is 0 Å². The summed E-state index contributed by atoms with van der Waals surface area (Å²) in [4.78, 5) is 0. The molecule has 0 fully saturated rings. The Hall–Kier alpha value is -1.13. The Labute approximate surface area is 79.9 Å². The smallest absolute Gasteiger partial charge is 0.0622 e. The van der Waals surface area contributed by atoms with E-state index in [2.05, 4.69) is 54.7 Å². The molecule has 1 heteroatoms. The van der Waals surface area contributed by atoms with Crippen LogP contribution in [0.1, 0.15) is 0 Å². The van der Waals surface area contributed by atoms with Crippen LogP contribution < -0.4 is 0 Å². The predicted octanol–water partition coefficient (Wildman–Crippen LogP) is 4.16. The fourth-order valence-corrected chi connectivity index (χ4v) is 2.21. The van der Waals surface area contributed by atoms with Crippen LogP contribution in [-0.2, 0) is 6.66 Å². The van der Waals surface area contributed by atoms with E-state index < -0.39 is 0 Å². The maximum atomic E-state index is 2.29. The Morgan fingerprint density at radius 2 is 1.31 bits per heavy atom. The quantitative estimate of drug-likeness (QED) is 0.628. The van der Waals surface area contributed by atoms with Crippen molar-refractivity contribution in [2.24, 2.45) is 6.66 Å². The first-order valence-electron chi connectivity index (χ1n) is 4.37. The average Bonchev–Trinajstić information content (AvgIpc) is 2.20. The molecular formula is C12H12P+. The van der Waals surface area contributed by atoms with Gasteiger partial charge in [-0.15, -0.1) is 0 Å². The van der Waals surface area contributed by atoms with Gasteiger partial charge < -0.3 is 0 Å². The summed E-state index contributed by atoms with van der Waals surface area (Å²) < 4.78 is 0. The molecule has 0 amide bonds. The SMILES string of the molecule is C[p+]1ccc(-c2ccccc2)cc1. The maximum Gasteiger partial charge on any atom is 0.121 e. The van der Waals surface area contributed by atoms with E-state index in [1.54, 1.807) is 0 Å². The number of hydrogen-bond acceptors (Lipinski definition) is 0. The minimum atomic E-state index is 0.00943. The molecule has 2 aromatic rings. The second-order valence-corrected chi connectivity index (χ2v) is 5.05. The molecule has 0 saturated heterocycles. The summed E-state index contributed by atoms with van der Waals surface area (Å²) in [5, 5.41) is 0. The van der Waals surface area contributed by atoms with Crippen LogP contribution in [0.3, 0.4) is 0 Å². The lowest BCUT2D eigenvalue weighted by atomic mass is 10.1. The van der Waals surface area contributed by atoms with Gasteiger partial charge in [0.25, 0.3) is 0 Å². The minimum Gasteiger partial charge on any atom is -0.0622 e. The van der Waals surface area contributed by atoms with Crippen LogP contribution in [0.4, 0.5) is 0 Å². The molecule has 1 aromatic carbocycles. The molecule has 0 bridgehead atoms. The van der Waals surface area contributed by atoms with Gasteiger partial charge in [0.05, 0.1) is 0 Å². The van der Waals surface area contributed by atoms with Gasteiger partial charge in [-0.25, -0.2) is 0 Å². The molecule has 13 heavy (non-hydrogen) atoms. The van der Waals surface area contributed by atoms with Crippen molar-refractivity contribution in [2.75, 3.05) is 0 Å². The van der Waals surface area contributed by atoms with E-state index >= 15 is 0 Å². The molecular weight excluding hydrogens is 175 g/mol. The van der Waals surface area contributed by atoms with Crippen LogP contribution in [0, 0.1) is 0 Å². The maximum absolute atomic E-state index is 2.29. The van der Waals surface area contributed by atoms with Gasteiger partial charge in [-0.1, -0.05) is 30.3 Å². The van der Waals surface area contributed by atoms with E-state index in [9.17, 15) is 0 Å². The summed E-state index contributed by atoms with van der Waals surface area (Å²) in [5.74, 6) is 4.58. The van der Waals surface area contributed by atoms with Crippen molar-refractivity contribution in [3.8, 4) is 11.1 Å². The van der Waals surface area contributed by atoms with Gasteiger partial charge in [-0.3, -0.25) is 0 Å². The third-order valence-corrected chi connectivity index (χ3v) is 3.32. The molecule has 2 rings (SSSR count). The number of rotatable bonds is 1. The van der Waals surface area contributed by atoms with Crippen LogP contribution in [0.2, 0.25) is 0 Å².